The number of rotatable bonds is 6. The van der Waals surface area contributed by atoms with Gasteiger partial charge >= 0.3 is 5.97 Å². The lowest BCUT2D eigenvalue weighted by Crippen LogP contribution is -2.09. The van der Waals surface area contributed by atoms with E-state index in [1.165, 1.54) is 0 Å². The molecule has 5 rings (SSSR count). The van der Waals surface area contributed by atoms with Crippen molar-refractivity contribution in [3.8, 4) is 27.6 Å². The van der Waals surface area contributed by atoms with Crippen molar-refractivity contribution in [1.29, 1.82) is 0 Å². The Morgan fingerprint density at radius 2 is 1.85 bits per heavy atom. The molecule has 2 aromatic carbocycles. The number of aromatic carboxylic acids is 1. The molecule has 0 radical (unpaired) electrons. The number of anilines is 2. The molecule has 3 aromatic heterocycles. The Balaban J connectivity index is 1.41. The molecule has 0 amide bonds. The maximum absolute atomic E-state index is 11.8. The van der Waals surface area contributed by atoms with Gasteiger partial charge in [-0.15, -0.1) is 11.3 Å². The smallest absolute Gasteiger partial charge is 0.349 e. The summed E-state index contributed by atoms with van der Waals surface area (Å²) in [5.74, 6) is 0.170. The van der Waals surface area contributed by atoms with Crippen molar-refractivity contribution in [2.45, 2.75) is 13.8 Å². The highest BCUT2D eigenvalue weighted by molar-refractivity contribution is 7.17. The number of aromatic nitrogens is 4. The van der Waals surface area contributed by atoms with Crippen molar-refractivity contribution in [2.24, 2.45) is 0 Å². The lowest BCUT2D eigenvalue weighted by molar-refractivity contribution is 0.0702. The summed E-state index contributed by atoms with van der Waals surface area (Å²) in [6, 6.07) is 16.8. The number of carbonyl (C=O) groups is 1. The highest BCUT2D eigenvalue weighted by Crippen LogP contribution is 2.33. The first-order valence-corrected chi connectivity index (χ1v) is 11.2. The minimum absolute atomic E-state index is 0.0609. The first-order valence-electron chi connectivity index (χ1n) is 10.3. The van der Waals surface area contributed by atoms with E-state index >= 15 is 0 Å². The first kappa shape index (κ1) is 21.4. The van der Waals surface area contributed by atoms with Gasteiger partial charge in [-0.3, -0.25) is 0 Å². The number of hydrogen-bond donors (Lipinski definition) is 3. The number of nitrogens with one attached hydrogen (secondary N) is 1. The third-order valence-electron chi connectivity index (χ3n) is 5.22. The van der Waals surface area contributed by atoms with E-state index in [0.29, 0.717) is 22.2 Å². The Labute approximate surface area is 198 Å². The van der Waals surface area contributed by atoms with Crippen molar-refractivity contribution in [3.05, 3.63) is 76.8 Å². The van der Waals surface area contributed by atoms with Gasteiger partial charge < -0.3 is 15.7 Å². The zero-order valence-corrected chi connectivity index (χ0v) is 19.1. The van der Waals surface area contributed by atoms with Gasteiger partial charge in [0.2, 0.25) is 0 Å². The number of carboxylic acids is 1. The second kappa shape index (κ2) is 8.49. The number of thiazole rings is 1. The molecular formula is C24H20N6O3S. The van der Waals surface area contributed by atoms with Gasteiger partial charge in [0.1, 0.15) is 10.8 Å². The van der Waals surface area contributed by atoms with Crippen molar-refractivity contribution < 1.29 is 14.7 Å². The van der Waals surface area contributed by atoms with Crippen LogP contribution in [0.3, 0.4) is 0 Å². The number of fused-ring (bicyclic) bond motifs is 1. The van der Waals surface area contributed by atoms with Crippen LogP contribution in [-0.4, -0.2) is 30.7 Å². The number of aryl methyl sites for hydroxylation is 2. The van der Waals surface area contributed by atoms with Crippen LogP contribution in [0.1, 0.15) is 20.8 Å². The molecule has 0 saturated carbocycles. The first-order chi connectivity index (χ1) is 16.4. The molecule has 10 heteroatoms. The van der Waals surface area contributed by atoms with Crippen molar-refractivity contribution in [3.63, 3.8) is 0 Å². The molecule has 0 aliphatic rings. The van der Waals surface area contributed by atoms with E-state index < -0.39 is 5.97 Å². The average Bonchev–Trinajstić information content (AvgIpc) is 3.44. The molecular weight excluding hydrogens is 452 g/mol. The second-order valence-corrected chi connectivity index (χ2v) is 8.72. The molecule has 0 aliphatic carbocycles. The van der Waals surface area contributed by atoms with Crippen LogP contribution >= 0.6 is 11.3 Å². The molecule has 4 N–H and O–H groups in total. The standard InChI is InChI=1S/C24H20N6O3S/c1-13-3-8-18(14(2)11-13)33-29-22-21(24(31)32)34-23(27-22)16-6-4-15(5-7-16)17-12-20-26-10-9-19(25)30(20)28-17/h3-12,29H,25H2,1-2H3,(H,31,32). The van der Waals surface area contributed by atoms with Crippen LogP contribution in [0.2, 0.25) is 0 Å². The number of benzene rings is 2. The predicted molar refractivity (Wildman–Crippen MR) is 131 cm³/mol. The van der Waals surface area contributed by atoms with Crippen LogP contribution in [0, 0.1) is 13.8 Å². The number of carboxylic acid groups (broad SMARTS) is 1. The molecule has 0 spiro atoms. The van der Waals surface area contributed by atoms with Gasteiger partial charge in [0.15, 0.2) is 22.1 Å². The Morgan fingerprint density at radius 3 is 2.56 bits per heavy atom. The minimum Gasteiger partial charge on any atom is -0.477 e. The van der Waals surface area contributed by atoms with E-state index in [2.05, 4.69) is 20.5 Å². The zero-order chi connectivity index (χ0) is 23.8. The van der Waals surface area contributed by atoms with Crippen molar-refractivity contribution >= 4 is 34.6 Å². The van der Waals surface area contributed by atoms with Crippen molar-refractivity contribution in [2.75, 3.05) is 11.2 Å². The Hall–Kier alpha value is -4.44. The summed E-state index contributed by atoms with van der Waals surface area (Å²) in [7, 11) is 0. The average molecular weight is 473 g/mol. The van der Waals surface area contributed by atoms with E-state index in [-0.39, 0.29) is 10.7 Å². The highest BCUT2D eigenvalue weighted by atomic mass is 32.1. The zero-order valence-electron chi connectivity index (χ0n) is 18.3. The molecule has 0 fully saturated rings. The van der Waals surface area contributed by atoms with Gasteiger partial charge in [0, 0.05) is 23.4 Å². The summed E-state index contributed by atoms with van der Waals surface area (Å²) in [6.45, 7) is 3.91. The van der Waals surface area contributed by atoms with Gasteiger partial charge in [-0.05, 0) is 31.5 Å². The number of hydrogen-bond acceptors (Lipinski definition) is 8. The van der Waals surface area contributed by atoms with Gasteiger partial charge in [-0.2, -0.15) is 9.61 Å². The third kappa shape index (κ3) is 4.02. The maximum Gasteiger partial charge on any atom is 0.349 e. The number of nitrogens with zero attached hydrogens (tertiary/aromatic N) is 4. The summed E-state index contributed by atoms with van der Waals surface area (Å²) in [6.07, 6.45) is 1.64. The van der Waals surface area contributed by atoms with E-state index in [1.54, 1.807) is 16.8 Å². The van der Waals surface area contributed by atoms with Crippen LogP contribution in [-0.2, 0) is 0 Å². The van der Waals surface area contributed by atoms with Gasteiger partial charge in [-0.25, -0.2) is 20.2 Å². The SMILES string of the molecule is Cc1ccc(ONc2nc(-c3ccc(-c4cc5nccc(N)n5n4)cc3)sc2C(=O)O)c(C)c1. The summed E-state index contributed by atoms with van der Waals surface area (Å²) < 4.78 is 1.58. The summed E-state index contributed by atoms with van der Waals surface area (Å²) in [4.78, 5) is 26.2. The van der Waals surface area contributed by atoms with E-state index in [9.17, 15) is 9.90 Å². The lowest BCUT2D eigenvalue weighted by atomic mass is 10.1. The molecule has 170 valence electrons. The lowest BCUT2D eigenvalue weighted by Gasteiger charge is -2.09. The molecule has 0 atom stereocenters. The summed E-state index contributed by atoms with van der Waals surface area (Å²) in [5.41, 5.74) is 13.7. The summed E-state index contributed by atoms with van der Waals surface area (Å²) >= 11 is 1.07. The molecule has 34 heavy (non-hydrogen) atoms. The Kier molecular flexibility index (Phi) is 5.34. The maximum atomic E-state index is 11.8. The summed E-state index contributed by atoms with van der Waals surface area (Å²) in [5, 5.41) is 14.7. The highest BCUT2D eigenvalue weighted by Gasteiger charge is 2.19. The van der Waals surface area contributed by atoms with E-state index in [0.717, 1.165) is 39.3 Å². The number of nitrogen functional groups attached to an aromatic ring is 1. The molecule has 0 unspecified atom stereocenters. The van der Waals surface area contributed by atoms with Gasteiger partial charge in [-0.1, -0.05) is 42.0 Å². The molecule has 0 bridgehead atoms. The van der Waals surface area contributed by atoms with Crippen LogP contribution in [0.4, 0.5) is 11.6 Å². The quantitative estimate of drug-likeness (QED) is 0.300. The monoisotopic (exact) mass is 472 g/mol. The van der Waals surface area contributed by atoms with Gasteiger partial charge in [0.25, 0.3) is 0 Å². The largest absolute Gasteiger partial charge is 0.477 e. The molecule has 0 saturated heterocycles. The van der Waals surface area contributed by atoms with Crippen LogP contribution in [0.5, 0.6) is 5.75 Å². The molecule has 5 aromatic rings. The Bertz CT molecular complexity index is 1520. The fourth-order valence-electron chi connectivity index (χ4n) is 3.51. The fraction of sp³-hybridized carbons (Fsp3) is 0.0833. The van der Waals surface area contributed by atoms with E-state index in [4.69, 9.17) is 10.6 Å². The number of nitrogens with two attached hydrogens (primary N) is 1. The Morgan fingerprint density at radius 1 is 1.09 bits per heavy atom. The third-order valence-corrected chi connectivity index (χ3v) is 6.32. The normalized spacial score (nSPS) is 11.0. The minimum atomic E-state index is -1.08. The molecule has 3 heterocycles. The van der Waals surface area contributed by atoms with Crippen LogP contribution < -0.4 is 16.1 Å². The topological polar surface area (TPSA) is 128 Å². The van der Waals surface area contributed by atoms with E-state index in [1.807, 2.05) is 62.4 Å². The second-order valence-electron chi connectivity index (χ2n) is 7.72. The van der Waals surface area contributed by atoms with Crippen molar-refractivity contribution in [1.82, 2.24) is 19.6 Å². The van der Waals surface area contributed by atoms with Gasteiger partial charge in [0.05, 0.1) is 5.69 Å². The molecule has 0 aliphatic heterocycles. The van der Waals surface area contributed by atoms with Crippen LogP contribution in [0.15, 0.2) is 60.8 Å². The van der Waals surface area contributed by atoms with Crippen LogP contribution in [0.25, 0.3) is 27.5 Å². The predicted octanol–water partition coefficient (Wildman–Crippen LogP) is 4.82. The molecule has 9 nitrogen and oxygen atoms in total. The fourth-order valence-corrected chi connectivity index (χ4v) is 4.37.